The summed E-state index contributed by atoms with van der Waals surface area (Å²) in [6, 6.07) is 11.1. The fourth-order valence-corrected chi connectivity index (χ4v) is 5.87. The standard InChI is InChI=1S/C30H37F6NO3/c1-4-37(5-2)18-24-11-12-26(40-24)25-13-14-38-28(27(25)20-9-7-6-8-10-20)39-19(3)21-15-22(29(31,32)33)17-23(16-21)30(34,35)36/h6-10,15-17,19,24-28H,4-5,11-14,18H2,1-3H3/t19-,24?,25+,26?,27+,28-/m1/s1. The molecule has 0 radical (unpaired) electrons. The summed E-state index contributed by atoms with van der Waals surface area (Å²) in [5.41, 5.74) is -2.02. The zero-order valence-electron chi connectivity index (χ0n) is 23.0. The molecule has 2 aliphatic heterocycles. The number of benzene rings is 2. The predicted molar refractivity (Wildman–Crippen MR) is 139 cm³/mol. The molecule has 0 aromatic heterocycles. The van der Waals surface area contributed by atoms with Gasteiger partial charge in [-0.2, -0.15) is 26.3 Å². The van der Waals surface area contributed by atoms with E-state index in [9.17, 15) is 26.3 Å². The molecule has 0 saturated carbocycles. The van der Waals surface area contributed by atoms with Gasteiger partial charge in [-0.3, -0.25) is 0 Å². The van der Waals surface area contributed by atoms with Gasteiger partial charge in [0.15, 0.2) is 6.29 Å². The van der Waals surface area contributed by atoms with Crippen LogP contribution in [0, 0.1) is 5.92 Å². The van der Waals surface area contributed by atoms with E-state index < -0.39 is 35.9 Å². The molecule has 0 N–H and O–H groups in total. The molecule has 2 heterocycles. The molecule has 2 saturated heterocycles. The summed E-state index contributed by atoms with van der Waals surface area (Å²) in [5, 5.41) is 0. The molecule has 0 bridgehead atoms. The van der Waals surface area contributed by atoms with Crippen molar-refractivity contribution in [1.29, 1.82) is 0 Å². The molecule has 2 aromatic rings. The van der Waals surface area contributed by atoms with Crippen molar-refractivity contribution in [3.63, 3.8) is 0 Å². The summed E-state index contributed by atoms with van der Waals surface area (Å²) in [5.74, 6) is -0.287. The Morgan fingerprint density at radius 2 is 1.52 bits per heavy atom. The first-order valence-corrected chi connectivity index (χ1v) is 13.9. The van der Waals surface area contributed by atoms with Crippen LogP contribution in [0.4, 0.5) is 26.3 Å². The van der Waals surface area contributed by atoms with Crippen molar-refractivity contribution in [2.24, 2.45) is 5.92 Å². The second-order valence-electron chi connectivity index (χ2n) is 10.6. The van der Waals surface area contributed by atoms with Gasteiger partial charge in [-0.1, -0.05) is 44.2 Å². The maximum Gasteiger partial charge on any atom is 0.416 e. The van der Waals surface area contributed by atoms with Crippen molar-refractivity contribution in [2.45, 2.75) is 82.9 Å². The molecule has 2 unspecified atom stereocenters. The number of hydrogen-bond donors (Lipinski definition) is 0. The second kappa shape index (κ2) is 12.8. The summed E-state index contributed by atoms with van der Waals surface area (Å²) >= 11 is 0. The van der Waals surface area contributed by atoms with Gasteiger partial charge in [-0.05, 0) is 74.5 Å². The molecule has 2 aliphatic rings. The van der Waals surface area contributed by atoms with Crippen molar-refractivity contribution in [3.05, 3.63) is 70.8 Å². The normalized spacial score (nSPS) is 26.8. The van der Waals surface area contributed by atoms with Gasteiger partial charge in [0.2, 0.25) is 0 Å². The van der Waals surface area contributed by atoms with Gasteiger partial charge in [-0.25, -0.2) is 0 Å². The van der Waals surface area contributed by atoms with Gasteiger partial charge in [-0.15, -0.1) is 0 Å². The van der Waals surface area contributed by atoms with Crippen molar-refractivity contribution in [3.8, 4) is 0 Å². The fourth-order valence-electron chi connectivity index (χ4n) is 5.87. The smallest absolute Gasteiger partial charge is 0.373 e. The minimum Gasteiger partial charge on any atom is -0.373 e. The van der Waals surface area contributed by atoms with E-state index in [1.807, 2.05) is 30.3 Å². The Hall–Kier alpha value is -2.14. The van der Waals surface area contributed by atoms with Crippen molar-refractivity contribution in [1.82, 2.24) is 4.90 Å². The van der Waals surface area contributed by atoms with Crippen LogP contribution in [0.1, 0.15) is 74.3 Å². The lowest BCUT2D eigenvalue weighted by Gasteiger charge is -2.42. The number of likely N-dealkylation sites (N-methyl/N-ethyl adjacent to an activating group) is 1. The second-order valence-corrected chi connectivity index (χ2v) is 10.6. The Morgan fingerprint density at radius 1 is 0.900 bits per heavy atom. The van der Waals surface area contributed by atoms with Gasteiger partial charge in [0, 0.05) is 12.5 Å². The minimum absolute atomic E-state index is 0.0160. The summed E-state index contributed by atoms with van der Waals surface area (Å²) < 4.78 is 99.6. The molecular formula is C30H37F6NO3. The van der Waals surface area contributed by atoms with Crippen LogP contribution in [-0.2, 0) is 26.6 Å². The average molecular weight is 574 g/mol. The quantitative estimate of drug-likeness (QED) is 0.286. The van der Waals surface area contributed by atoms with Crippen LogP contribution in [0.5, 0.6) is 0 Å². The van der Waals surface area contributed by atoms with Crippen molar-refractivity contribution in [2.75, 3.05) is 26.2 Å². The Bertz CT molecular complexity index is 1060. The van der Waals surface area contributed by atoms with Crippen LogP contribution < -0.4 is 0 Å². The molecule has 0 aliphatic carbocycles. The van der Waals surface area contributed by atoms with Crippen molar-refractivity contribution >= 4 is 0 Å². The van der Waals surface area contributed by atoms with E-state index in [0.717, 1.165) is 50.2 Å². The average Bonchev–Trinajstić information content (AvgIpc) is 3.39. The Kier molecular flexibility index (Phi) is 9.86. The summed E-state index contributed by atoms with van der Waals surface area (Å²) in [6.07, 6.45) is -9.28. The van der Waals surface area contributed by atoms with Crippen LogP contribution >= 0.6 is 0 Å². The molecule has 4 rings (SSSR count). The van der Waals surface area contributed by atoms with Gasteiger partial charge in [0.05, 0.1) is 36.0 Å². The van der Waals surface area contributed by atoms with E-state index in [1.165, 1.54) is 6.92 Å². The number of hydrogen-bond acceptors (Lipinski definition) is 4. The molecule has 10 heteroatoms. The first-order chi connectivity index (χ1) is 18.9. The third-order valence-electron chi connectivity index (χ3n) is 8.06. The van der Waals surface area contributed by atoms with Gasteiger partial charge in [0.1, 0.15) is 0 Å². The summed E-state index contributed by atoms with van der Waals surface area (Å²) in [4.78, 5) is 2.32. The molecule has 222 valence electrons. The number of nitrogens with zero attached hydrogens (tertiary/aromatic N) is 1. The van der Waals surface area contributed by atoms with Crippen LogP contribution in [0.2, 0.25) is 0 Å². The van der Waals surface area contributed by atoms with E-state index in [-0.39, 0.29) is 35.7 Å². The molecule has 2 fully saturated rings. The van der Waals surface area contributed by atoms with E-state index >= 15 is 0 Å². The van der Waals surface area contributed by atoms with E-state index in [0.29, 0.717) is 13.0 Å². The molecular weight excluding hydrogens is 536 g/mol. The number of halogens is 6. The highest BCUT2D eigenvalue weighted by Gasteiger charge is 2.44. The Balaban J connectivity index is 1.59. The van der Waals surface area contributed by atoms with E-state index in [1.54, 1.807) is 0 Å². The third-order valence-corrected chi connectivity index (χ3v) is 8.06. The summed E-state index contributed by atoms with van der Waals surface area (Å²) in [6.45, 7) is 8.75. The van der Waals surface area contributed by atoms with Gasteiger partial charge in [0.25, 0.3) is 0 Å². The molecule has 0 amide bonds. The number of alkyl halides is 6. The fraction of sp³-hybridized carbons (Fsp3) is 0.600. The number of ether oxygens (including phenoxy) is 3. The largest absolute Gasteiger partial charge is 0.416 e. The van der Waals surface area contributed by atoms with Crippen LogP contribution in [0.25, 0.3) is 0 Å². The van der Waals surface area contributed by atoms with E-state index in [2.05, 4.69) is 18.7 Å². The highest BCUT2D eigenvalue weighted by atomic mass is 19.4. The lowest BCUT2D eigenvalue weighted by Crippen LogP contribution is -2.42. The number of rotatable bonds is 9. The SMILES string of the molecule is CCN(CC)CC1CCC([C@@H]2CCO[C@H](O[C@H](C)c3cc(C(F)(F)F)cc(C(F)(F)F)c3)[C@H]2c2ccccc2)O1. The van der Waals surface area contributed by atoms with Crippen LogP contribution in [0.15, 0.2) is 48.5 Å². The lowest BCUT2D eigenvalue weighted by molar-refractivity contribution is -0.219. The predicted octanol–water partition coefficient (Wildman–Crippen LogP) is 7.84. The first-order valence-electron chi connectivity index (χ1n) is 13.9. The monoisotopic (exact) mass is 573 g/mol. The Morgan fingerprint density at radius 3 is 2.10 bits per heavy atom. The highest BCUT2D eigenvalue weighted by molar-refractivity contribution is 5.35. The molecule has 6 atom stereocenters. The molecule has 40 heavy (non-hydrogen) atoms. The minimum atomic E-state index is -4.93. The first kappa shape index (κ1) is 30.8. The zero-order chi connectivity index (χ0) is 29.1. The molecule has 0 spiro atoms. The Labute approximate surface area is 231 Å². The van der Waals surface area contributed by atoms with Crippen LogP contribution in [-0.4, -0.2) is 49.6 Å². The maximum atomic E-state index is 13.5. The van der Waals surface area contributed by atoms with E-state index in [4.69, 9.17) is 14.2 Å². The summed E-state index contributed by atoms with van der Waals surface area (Å²) in [7, 11) is 0. The van der Waals surface area contributed by atoms with Gasteiger partial charge < -0.3 is 19.1 Å². The molecule has 2 aromatic carbocycles. The van der Waals surface area contributed by atoms with Gasteiger partial charge >= 0.3 is 12.4 Å². The van der Waals surface area contributed by atoms with Crippen molar-refractivity contribution < 1.29 is 40.6 Å². The molecule has 4 nitrogen and oxygen atoms in total. The topological polar surface area (TPSA) is 30.9 Å². The third kappa shape index (κ3) is 7.38. The maximum absolute atomic E-state index is 13.5. The lowest BCUT2D eigenvalue weighted by atomic mass is 9.77. The highest BCUT2D eigenvalue weighted by Crippen LogP contribution is 2.45. The zero-order valence-corrected chi connectivity index (χ0v) is 23.0. The van der Waals surface area contributed by atoms with Crippen LogP contribution in [0.3, 0.4) is 0 Å².